The van der Waals surface area contributed by atoms with Crippen LogP contribution in [-0.2, 0) is 6.54 Å². The van der Waals surface area contributed by atoms with Gasteiger partial charge in [0.2, 0.25) is 0 Å². The Morgan fingerprint density at radius 2 is 2.29 bits per heavy atom. The van der Waals surface area contributed by atoms with Gasteiger partial charge < -0.3 is 9.88 Å². The summed E-state index contributed by atoms with van der Waals surface area (Å²) in [6.07, 6.45) is 3.92. The lowest BCUT2D eigenvalue weighted by atomic mass is 10.1. The van der Waals surface area contributed by atoms with Gasteiger partial charge in [-0.15, -0.1) is 0 Å². The van der Waals surface area contributed by atoms with Crippen molar-refractivity contribution < 1.29 is 0 Å². The summed E-state index contributed by atoms with van der Waals surface area (Å²) in [6.45, 7) is 2.92. The number of halogens is 1. The topological polar surface area (TPSA) is 29.9 Å². The lowest BCUT2D eigenvalue weighted by molar-refractivity contribution is 0.637. The number of hydrogen-bond donors (Lipinski definition) is 1. The van der Waals surface area contributed by atoms with E-state index in [0.717, 1.165) is 17.3 Å². The van der Waals surface area contributed by atoms with Crippen molar-refractivity contribution in [3.05, 3.63) is 53.1 Å². The van der Waals surface area contributed by atoms with E-state index in [-0.39, 0.29) is 6.04 Å². The summed E-state index contributed by atoms with van der Waals surface area (Å²) in [5.41, 5.74) is 2.23. The summed E-state index contributed by atoms with van der Waals surface area (Å²) in [5, 5.41) is 3.86. The van der Waals surface area contributed by atoms with Crippen LogP contribution in [0.3, 0.4) is 0 Å². The number of imidazole rings is 1. The number of rotatable bonds is 4. The molecule has 1 aromatic heterocycles. The highest BCUT2D eigenvalue weighted by Gasteiger charge is 2.08. The third-order valence-electron chi connectivity index (χ3n) is 2.79. The minimum absolute atomic E-state index is 0.242. The quantitative estimate of drug-likeness (QED) is 0.903. The van der Waals surface area contributed by atoms with Crippen LogP contribution in [0.1, 0.15) is 24.2 Å². The molecule has 1 unspecified atom stereocenters. The van der Waals surface area contributed by atoms with Gasteiger partial charge in [-0.2, -0.15) is 0 Å². The highest BCUT2D eigenvalue weighted by atomic mass is 35.5. The predicted molar refractivity (Wildman–Crippen MR) is 70.3 cm³/mol. The molecule has 0 saturated heterocycles. The molecule has 0 aliphatic rings. The second-order valence-electron chi connectivity index (χ2n) is 4.07. The van der Waals surface area contributed by atoms with Gasteiger partial charge in [0.15, 0.2) is 0 Å². The third kappa shape index (κ3) is 2.87. The van der Waals surface area contributed by atoms with E-state index in [0.29, 0.717) is 0 Å². The molecule has 0 amide bonds. The third-order valence-corrected chi connectivity index (χ3v) is 3.03. The number of nitrogens with one attached hydrogen (secondary N) is 1. The largest absolute Gasteiger partial charge is 0.330 e. The van der Waals surface area contributed by atoms with Crippen molar-refractivity contribution in [1.82, 2.24) is 14.9 Å². The van der Waals surface area contributed by atoms with E-state index in [1.165, 1.54) is 5.56 Å². The number of nitrogens with zero attached hydrogens (tertiary/aromatic N) is 2. The van der Waals surface area contributed by atoms with Crippen LogP contribution >= 0.6 is 11.6 Å². The maximum atomic E-state index is 6.00. The molecule has 0 bridgehead atoms. The van der Waals surface area contributed by atoms with E-state index >= 15 is 0 Å². The summed E-state index contributed by atoms with van der Waals surface area (Å²) in [4.78, 5) is 4.34. The van der Waals surface area contributed by atoms with Crippen molar-refractivity contribution in [2.75, 3.05) is 7.05 Å². The standard InChI is InChI=1S/C13H16ClN3/c1-10(11-4-3-5-12(14)6-11)17-8-13(7-15-2)16-9-17/h3-6,8-10,15H,7H2,1-2H3. The molecule has 0 aliphatic heterocycles. The molecule has 0 saturated carbocycles. The van der Waals surface area contributed by atoms with Gasteiger partial charge in [0.05, 0.1) is 18.1 Å². The smallest absolute Gasteiger partial charge is 0.0955 e. The average Bonchev–Trinajstić information content (AvgIpc) is 2.77. The highest BCUT2D eigenvalue weighted by molar-refractivity contribution is 6.30. The predicted octanol–water partition coefficient (Wildman–Crippen LogP) is 2.87. The molecule has 2 aromatic rings. The van der Waals surface area contributed by atoms with Crippen LogP contribution < -0.4 is 5.32 Å². The fourth-order valence-electron chi connectivity index (χ4n) is 1.80. The maximum Gasteiger partial charge on any atom is 0.0955 e. The minimum atomic E-state index is 0.242. The Labute approximate surface area is 106 Å². The Bertz CT molecular complexity index is 493. The van der Waals surface area contributed by atoms with Crippen LogP contribution in [0.25, 0.3) is 0 Å². The molecule has 1 N–H and O–H groups in total. The molecular weight excluding hydrogens is 234 g/mol. The maximum absolute atomic E-state index is 6.00. The van der Waals surface area contributed by atoms with Gasteiger partial charge in [0.1, 0.15) is 0 Å². The van der Waals surface area contributed by atoms with Crippen molar-refractivity contribution in [3.8, 4) is 0 Å². The minimum Gasteiger partial charge on any atom is -0.330 e. The van der Waals surface area contributed by atoms with Gasteiger partial charge in [-0.05, 0) is 31.7 Å². The fourth-order valence-corrected chi connectivity index (χ4v) is 2.00. The molecule has 17 heavy (non-hydrogen) atoms. The zero-order valence-electron chi connectivity index (χ0n) is 10.0. The van der Waals surface area contributed by atoms with Gasteiger partial charge in [0, 0.05) is 17.8 Å². The van der Waals surface area contributed by atoms with Crippen molar-refractivity contribution >= 4 is 11.6 Å². The van der Waals surface area contributed by atoms with Crippen LogP contribution in [0.4, 0.5) is 0 Å². The Hall–Kier alpha value is -1.32. The van der Waals surface area contributed by atoms with Crippen LogP contribution in [0.15, 0.2) is 36.8 Å². The van der Waals surface area contributed by atoms with Gasteiger partial charge >= 0.3 is 0 Å². The van der Waals surface area contributed by atoms with Crippen LogP contribution in [0, 0.1) is 0 Å². The Morgan fingerprint density at radius 3 is 3.00 bits per heavy atom. The molecule has 0 aliphatic carbocycles. The Morgan fingerprint density at radius 1 is 1.47 bits per heavy atom. The Kier molecular flexibility index (Phi) is 3.82. The molecule has 0 spiro atoms. The first-order valence-electron chi connectivity index (χ1n) is 5.63. The van der Waals surface area contributed by atoms with E-state index in [4.69, 9.17) is 11.6 Å². The van der Waals surface area contributed by atoms with Crippen molar-refractivity contribution in [3.63, 3.8) is 0 Å². The fraction of sp³-hybridized carbons (Fsp3) is 0.308. The average molecular weight is 250 g/mol. The lowest BCUT2D eigenvalue weighted by Crippen LogP contribution is -2.06. The summed E-state index contributed by atoms with van der Waals surface area (Å²) < 4.78 is 2.10. The molecule has 0 fully saturated rings. The summed E-state index contributed by atoms with van der Waals surface area (Å²) >= 11 is 6.00. The normalized spacial score (nSPS) is 12.6. The van der Waals surface area contributed by atoms with E-state index in [2.05, 4.69) is 34.1 Å². The lowest BCUT2D eigenvalue weighted by Gasteiger charge is -2.13. The van der Waals surface area contributed by atoms with Gasteiger partial charge in [0.25, 0.3) is 0 Å². The molecule has 2 rings (SSSR count). The number of hydrogen-bond acceptors (Lipinski definition) is 2. The van der Waals surface area contributed by atoms with Crippen molar-refractivity contribution in [1.29, 1.82) is 0 Å². The molecule has 90 valence electrons. The van der Waals surface area contributed by atoms with Crippen molar-refractivity contribution in [2.45, 2.75) is 19.5 Å². The summed E-state index contributed by atoms with van der Waals surface area (Å²) in [5.74, 6) is 0. The van der Waals surface area contributed by atoms with Crippen LogP contribution in [0.5, 0.6) is 0 Å². The molecular formula is C13H16ClN3. The molecule has 1 aromatic carbocycles. The first kappa shape index (κ1) is 12.1. The zero-order valence-corrected chi connectivity index (χ0v) is 10.8. The SMILES string of the molecule is CNCc1cn(C(C)c2cccc(Cl)c2)cn1. The zero-order chi connectivity index (χ0) is 12.3. The van der Waals surface area contributed by atoms with Crippen LogP contribution in [0.2, 0.25) is 5.02 Å². The van der Waals surface area contributed by atoms with Gasteiger partial charge in [-0.1, -0.05) is 23.7 Å². The molecule has 3 nitrogen and oxygen atoms in total. The van der Waals surface area contributed by atoms with E-state index in [1.807, 2.05) is 31.6 Å². The first-order valence-corrected chi connectivity index (χ1v) is 6.01. The molecule has 1 atom stereocenters. The van der Waals surface area contributed by atoms with Gasteiger partial charge in [-0.25, -0.2) is 4.98 Å². The second-order valence-corrected chi connectivity index (χ2v) is 4.51. The number of benzene rings is 1. The van der Waals surface area contributed by atoms with Gasteiger partial charge in [-0.3, -0.25) is 0 Å². The number of aromatic nitrogens is 2. The molecule has 0 radical (unpaired) electrons. The van der Waals surface area contributed by atoms with Crippen LogP contribution in [-0.4, -0.2) is 16.6 Å². The summed E-state index contributed by atoms with van der Waals surface area (Å²) in [7, 11) is 1.92. The van der Waals surface area contributed by atoms with Crippen molar-refractivity contribution in [2.24, 2.45) is 0 Å². The molecule has 4 heteroatoms. The van der Waals surface area contributed by atoms with E-state index in [1.54, 1.807) is 0 Å². The summed E-state index contributed by atoms with van der Waals surface area (Å²) in [6, 6.07) is 8.17. The second kappa shape index (κ2) is 5.34. The molecule has 1 heterocycles. The van der Waals surface area contributed by atoms with E-state index < -0.39 is 0 Å². The Balaban J connectivity index is 2.21. The highest BCUT2D eigenvalue weighted by Crippen LogP contribution is 2.21. The first-order chi connectivity index (χ1) is 8.20. The monoisotopic (exact) mass is 249 g/mol. The van der Waals surface area contributed by atoms with E-state index in [9.17, 15) is 0 Å².